The number of benzene rings is 1. The fourth-order valence-corrected chi connectivity index (χ4v) is 8.74. The molecule has 6 rings (SSSR count). The van der Waals surface area contributed by atoms with Gasteiger partial charge in [-0.05, 0) is 97.6 Å². The monoisotopic (exact) mass is 445 g/mol. The summed E-state index contributed by atoms with van der Waals surface area (Å²) in [6.45, 7) is 5.98. The lowest BCUT2D eigenvalue weighted by Gasteiger charge is -2.56. The maximum atomic E-state index is 12.3. The van der Waals surface area contributed by atoms with Crippen LogP contribution in [0, 0.1) is 23.2 Å². The smallest absolute Gasteiger partial charge is 0.156 e. The van der Waals surface area contributed by atoms with Crippen molar-refractivity contribution in [3.8, 4) is 0 Å². The highest BCUT2D eigenvalue weighted by Gasteiger charge is 2.65. The van der Waals surface area contributed by atoms with Crippen LogP contribution in [-0.4, -0.2) is 32.1 Å². The van der Waals surface area contributed by atoms with Crippen LogP contribution in [0.5, 0.6) is 0 Å². The van der Waals surface area contributed by atoms with Crippen LogP contribution >= 0.6 is 0 Å². The number of rotatable bonds is 2. The molecule has 0 aromatic heterocycles. The van der Waals surface area contributed by atoms with Crippen LogP contribution in [0.3, 0.4) is 0 Å². The van der Waals surface area contributed by atoms with E-state index in [-0.39, 0.29) is 11.0 Å². The van der Waals surface area contributed by atoms with E-state index in [9.17, 15) is 4.79 Å². The van der Waals surface area contributed by atoms with Crippen LogP contribution in [-0.2, 0) is 9.53 Å². The molecule has 0 radical (unpaired) electrons. The molecule has 6 atom stereocenters. The summed E-state index contributed by atoms with van der Waals surface area (Å²) in [6, 6.07) is 9.33. The number of nitrogens with zero attached hydrogens (tertiary/aromatic N) is 1. The van der Waals surface area contributed by atoms with E-state index in [0.717, 1.165) is 19.4 Å². The molecular weight excluding hydrogens is 406 g/mol. The van der Waals surface area contributed by atoms with Gasteiger partial charge in [0.15, 0.2) is 5.78 Å². The summed E-state index contributed by atoms with van der Waals surface area (Å²) < 4.78 is 6.67. The maximum Gasteiger partial charge on any atom is 0.156 e. The van der Waals surface area contributed by atoms with E-state index in [4.69, 9.17) is 4.74 Å². The first-order valence-corrected chi connectivity index (χ1v) is 13.2. The van der Waals surface area contributed by atoms with Gasteiger partial charge >= 0.3 is 0 Å². The predicted octanol–water partition coefficient (Wildman–Crippen LogP) is 6.45. The average molecular weight is 446 g/mol. The van der Waals surface area contributed by atoms with E-state index >= 15 is 0 Å². The molecule has 1 saturated heterocycles. The number of fused-ring (bicyclic) bond motifs is 5. The molecule has 0 bridgehead atoms. The van der Waals surface area contributed by atoms with E-state index in [1.165, 1.54) is 48.9 Å². The molecule has 4 aliphatic carbocycles. The second-order valence-electron chi connectivity index (χ2n) is 12.0. The van der Waals surface area contributed by atoms with Crippen molar-refractivity contribution in [3.05, 3.63) is 52.6 Å². The van der Waals surface area contributed by atoms with Crippen molar-refractivity contribution in [1.29, 1.82) is 0 Å². The molecule has 176 valence electrons. The summed E-state index contributed by atoms with van der Waals surface area (Å²) in [5.74, 6) is 2.66. The number of ether oxygens (including phenoxy) is 1. The van der Waals surface area contributed by atoms with Crippen LogP contribution in [0.25, 0.3) is 0 Å². The van der Waals surface area contributed by atoms with Crippen LogP contribution < -0.4 is 4.90 Å². The number of allylic oxidation sites excluding steroid dienone is 4. The van der Waals surface area contributed by atoms with Gasteiger partial charge in [0.25, 0.3) is 0 Å². The number of hydrogen-bond donors (Lipinski definition) is 0. The van der Waals surface area contributed by atoms with Gasteiger partial charge in [-0.3, -0.25) is 4.79 Å². The molecule has 1 aliphatic heterocycles. The second-order valence-corrected chi connectivity index (χ2v) is 12.0. The van der Waals surface area contributed by atoms with Crippen molar-refractivity contribution in [2.24, 2.45) is 23.2 Å². The number of carbonyl (C=O) groups is 1. The van der Waals surface area contributed by atoms with Gasteiger partial charge in [0.05, 0.1) is 5.60 Å². The standard InChI is InChI=1S/C30H39NO2/c1-19-16-21-17-23(32)10-11-24(21)28-25(20-6-8-22(9-7-20)31(3)4)18-29(2)26(27(19)28)12-14-30(29)13-5-15-33-30/h6-9,17,19,25-27H,5,10-16,18H2,1-4H3/t19-,25?,26?,27?,29-,30-/m0/s1. The Hall–Kier alpha value is -1.87. The molecule has 1 heterocycles. The summed E-state index contributed by atoms with van der Waals surface area (Å²) in [7, 11) is 4.22. The lowest BCUT2D eigenvalue weighted by molar-refractivity contribution is -0.115. The van der Waals surface area contributed by atoms with Gasteiger partial charge in [0, 0.05) is 44.1 Å². The van der Waals surface area contributed by atoms with E-state index in [2.05, 4.69) is 57.1 Å². The van der Waals surface area contributed by atoms with E-state index in [0.29, 0.717) is 35.9 Å². The Bertz CT molecular complexity index is 1030. The zero-order valence-corrected chi connectivity index (χ0v) is 20.8. The zero-order valence-electron chi connectivity index (χ0n) is 20.8. The molecule has 3 fully saturated rings. The summed E-state index contributed by atoms with van der Waals surface area (Å²) in [5.41, 5.74) is 7.62. The number of anilines is 1. The summed E-state index contributed by atoms with van der Waals surface area (Å²) in [6.07, 6.45) is 10.9. The van der Waals surface area contributed by atoms with Gasteiger partial charge in [0.1, 0.15) is 0 Å². The number of hydrogen-bond acceptors (Lipinski definition) is 3. The number of carbonyl (C=O) groups excluding carboxylic acids is 1. The van der Waals surface area contributed by atoms with Crippen LogP contribution in [0.1, 0.15) is 76.7 Å². The van der Waals surface area contributed by atoms with Crippen molar-refractivity contribution in [3.63, 3.8) is 0 Å². The highest BCUT2D eigenvalue weighted by Crippen LogP contribution is 2.70. The molecule has 1 aromatic rings. The first kappa shape index (κ1) is 21.6. The van der Waals surface area contributed by atoms with Crippen molar-refractivity contribution in [2.45, 2.75) is 76.7 Å². The van der Waals surface area contributed by atoms with Gasteiger partial charge in [-0.15, -0.1) is 0 Å². The Morgan fingerprint density at radius 3 is 2.58 bits per heavy atom. The lowest BCUT2D eigenvalue weighted by Crippen LogP contribution is -2.52. The van der Waals surface area contributed by atoms with E-state index in [1.807, 2.05) is 6.08 Å². The minimum atomic E-state index is 0.0774. The first-order valence-electron chi connectivity index (χ1n) is 13.2. The molecule has 3 heteroatoms. The van der Waals surface area contributed by atoms with E-state index in [1.54, 1.807) is 11.1 Å². The van der Waals surface area contributed by atoms with Gasteiger partial charge in [-0.2, -0.15) is 0 Å². The Balaban J connectivity index is 1.52. The Kier molecular flexibility index (Phi) is 4.96. The molecular formula is C30H39NO2. The van der Waals surface area contributed by atoms with Crippen molar-refractivity contribution < 1.29 is 9.53 Å². The topological polar surface area (TPSA) is 29.5 Å². The largest absolute Gasteiger partial charge is 0.378 e. The molecule has 5 aliphatic rings. The van der Waals surface area contributed by atoms with Gasteiger partial charge in [0.2, 0.25) is 0 Å². The molecule has 1 spiro atoms. The normalized spacial score (nSPS) is 39.9. The summed E-state index contributed by atoms with van der Waals surface area (Å²) in [5, 5.41) is 0. The average Bonchev–Trinajstić information content (AvgIpc) is 3.39. The minimum Gasteiger partial charge on any atom is -0.378 e. The van der Waals surface area contributed by atoms with Crippen molar-refractivity contribution in [1.82, 2.24) is 0 Å². The molecule has 1 aromatic carbocycles. The van der Waals surface area contributed by atoms with Gasteiger partial charge < -0.3 is 9.64 Å². The Morgan fingerprint density at radius 1 is 1.09 bits per heavy atom. The lowest BCUT2D eigenvalue weighted by atomic mass is 9.49. The summed E-state index contributed by atoms with van der Waals surface area (Å²) in [4.78, 5) is 14.5. The van der Waals surface area contributed by atoms with Crippen LogP contribution in [0.4, 0.5) is 5.69 Å². The molecule has 3 unspecified atom stereocenters. The number of ketones is 1. The summed E-state index contributed by atoms with van der Waals surface area (Å²) >= 11 is 0. The molecule has 0 N–H and O–H groups in total. The third-order valence-corrected chi connectivity index (χ3v) is 10.3. The SMILES string of the molecule is C[C@H]1CC2=CC(=O)CCC2=C2C(c3ccc(N(C)C)cc3)C[C@@]3(C)C(CC[C@@]34CCCO4)C21. The predicted molar refractivity (Wildman–Crippen MR) is 133 cm³/mol. The Morgan fingerprint density at radius 2 is 1.88 bits per heavy atom. The first-order chi connectivity index (χ1) is 15.8. The molecule has 0 amide bonds. The molecule has 2 saturated carbocycles. The molecule has 33 heavy (non-hydrogen) atoms. The third-order valence-electron chi connectivity index (χ3n) is 10.3. The fraction of sp³-hybridized carbons (Fsp3) is 0.633. The van der Waals surface area contributed by atoms with Crippen LogP contribution in [0.2, 0.25) is 0 Å². The van der Waals surface area contributed by atoms with Crippen molar-refractivity contribution in [2.75, 3.05) is 25.6 Å². The highest BCUT2D eigenvalue weighted by atomic mass is 16.5. The van der Waals surface area contributed by atoms with Crippen LogP contribution in [0.15, 0.2) is 47.1 Å². The minimum absolute atomic E-state index is 0.0774. The second kappa shape index (κ2) is 7.57. The highest BCUT2D eigenvalue weighted by molar-refractivity contribution is 5.93. The maximum absolute atomic E-state index is 12.3. The van der Waals surface area contributed by atoms with Crippen molar-refractivity contribution >= 4 is 11.5 Å². The Labute approximate surface area is 199 Å². The third kappa shape index (κ3) is 3.07. The molecule has 3 nitrogen and oxygen atoms in total. The van der Waals surface area contributed by atoms with Gasteiger partial charge in [-0.25, -0.2) is 0 Å². The zero-order chi connectivity index (χ0) is 23.0. The fourth-order valence-electron chi connectivity index (χ4n) is 8.74. The van der Waals surface area contributed by atoms with Gasteiger partial charge in [-0.1, -0.05) is 31.6 Å². The van der Waals surface area contributed by atoms with E-state index < -0.39 is 0 Å². The quantitative estimate of drug-likeness (QED) is 0.524.